The molecule has 1 aliphatic carbocycles. The zero-order chi connectivity index (χ0) is 12.6. The molecule has 2 nitrogen and oxygen atoms in total. The summed E-state index contributed by atoms with van der Waals surface area (Å²) in [6.07, 6.45) is 3.75. The number of fused-ring (bicyclic) bond motifs is 1. The largest absolute Gasteiger partial charge is 0.238 e. The SMILES string of the molecule is Cc1nc(C(C)C)nc2c1CCCC2C(C)C. The maximum atomic E-state index is 4.87. The van der Waals surface area contributed by atoms with Gasteiger partial charge in [-0.25, -0.2) is 9.97 Å². The van der Waals surface area contributed by atoms with Crippen molar-refractivity contribution in [3.63, 3.8) is 0 Å². The fraction of sp³-hybridized carbons (Fsp3) is 0.733. The molecule has 1 aliphatic rings. The van der Waals surface area contributed by atoms with E-state index in [1.807, 2.05) is 0 Å². The Kier molecular flexibility index (Phi) is 3.50. The monoisotopic (exact) mass is 232 g/mol. The van der Waals surface area contributed by atoms with Crippen molar-refractivity contribution in [2.45, 2.75) is 65.7 Å². The van der Waals surface area contributed by atoms with Gasteiger partial charge in [0.05, 0.1) is 5.69 Å². The van der Waals surface area contributed by atoms with Crippen LogP contribution in [0.25, 0.3) is 0 Å². The lowest BCUT2D eigenvalue weighted by atomic mass is 9.79. The van der Waals surface area contributed by atoms with Gasteiger partial charge >= 0.3 is 0 Å². The van der Waals surface area contributed by atoms with E-state index in [0.717, 1.165) is 5.82 Å². The Morgan fingerprint density at radius 2 is 1.82 bits per heavy atom. The number of aromatic nitrogens is 2. The normalized spacial score (nSPS) is 19.8. The first kappa shape index (κ1) is 12.5. The zero-order valence-corrected chi connectivity index (χ0v) is 11.7. The van der Waals surface area contributed by atoms with Crippen molar-refractivity contribution in [1.82, 2.24) is 9.97 Å². The van der Waals surface area contributed by atoms with Gasteiger partial charge in [-0.1, -0.05) is 27.7 Å². The molecule has 1 aromatic heterocycles. The molecule has 1 unspecified atom stereocenters. The Morgan fingerprint density at radius 3 is 2.41 bits per heavy atom. The molecular weight excluding hydrogens is 208 g/mol. The quantitative estimate of drug-likeness (QED) is 0.770. The molecule has 94 valence electrons. The number of nitrogens with zero attached hydrogens (tertiary/aromatic N) is 2. The Bertz CT molecular complexity index is 408. The summed E-state index contributed by atoms with van der Waals surface area (Å²) in [5, 5.41) is 0. The van der Waals surface area contributed by atoms with Crippen molar-refractivity contribution in [2.24, 2.45) is 5.92 Å². The zero-order valence-electron chi connectivity index (χ0n) is 11.7. The third-order valence-electron chi connectivity index (χ3n) is 3.88. The molecule has 0 spiro atoms. The molecule has 0 radical (unpaired) electrons. The number of aryl methyl sites for hydroxylation is 1. The molecule has 1 heterocycles. The van der Waals surface area contributed by atoms with Crippen LogP contribution in [0.15, 0.2) is 0 Å². The Labute approximate surface area is 105 Å². The summed E-state index contributed by atoms with van der Waals surface area (Å²) in [6, 6.07) is 0. The van der Waals surface area contributed by atoms with Crippen LogP contribution < -0.4 is 0 Å². The number of hydrogen-bond donors (Lipinski definition) is 0. The van der Waals surface area contributed by atoms with E-state index >= 15 is 0 Å². The molecule has 0 aromatic carbocycles. The lowest BCUT2D eigenvalue weighted by molar-refractivity contribution is 0.418. The van der Waals surface area contributed by atoms with Gasteiger partial charge in [0.1, 0.15) is 5.82 Å². The fourth-order valence-corrected chi connectivity index (χ4v) is 2.80. The highest BCUT2D eigenvalue weighted by Crippen LogP contribution is 2.36. The van der Waals surface area contributed by atoms with Crippen LogP contribution in [0.5, 0.6) is 0 Å². The molecule has 2 rings (SSSR count). The summed E-state index contributed by atoms with van der Waals surface area (Å²) in [6.45, 7) is 11.1. The summed E-state index contributed by atoms with van der Waals surface area (Å²) < 4.78 is 0. The van der Waals surface area contributed by atoms with E-state index in [0.29, 0.717) is 17.8 Å². The molecule has 0 aliphatic heterocycles. The van der Waals surface area contributed by atoms with E-state index in [4.69, 9.17) is 4.98 Å². The molecule has 0 N–H and O–H groups in total. The Balaban J connectivity index is 2.51. The maximum absolute atomic E-state index is 4.87. The van der Waals surface area contributed by atoms with E-state index < -0.39 is 0 Å². The Hall–Kier alpha value is -0.920. The van der Waals surface area contributed by atoms with Crippen LogP contribution in [0.1, 0.15) is 75.1 Å². The minimum atomic E-state index is 0.425. The first-order valence-corrected chi connectivity index (χ1v) is 6.88. The van der Waals surface area contributed by atoms with Crippen LogP contribution in [-0.2, 0) is 6.42 Å². The van der Waals surface area contributed by atoms with Crippen molar-refractivity contribution in [1.29, 1.82) is 0 Å². The molecule has 0 saturated carbocycles. The minimum Gasteiger partial charge on any atom is -0.238 e. The summed E-state index contributed by atoms with van der Waals surface area (Å²) in [5.41, 5.74) is 3.99. The average molecular weight is 232 g/mol. The van der Waals surface area contributed by atoms with E-state index in [1.165, 1.54) is 36.2 Å². The number of hydrogen-bond acceptors (Lipinski definition) is 2. The molecule has 1 atom stereocenters. The van der Waals surface area contributed by atoms with E-state index in [2.05, 4.69) is 39.6 Å². The van der Waals surface area contributed by atoms with E-state index in [1.54, 1.807) is 0 Å². The highest BCUT2D eigenvalue weighted by molar-refractivity contribution is 5.31. The van der Waals surface area contributed by atoms with Crippen LogP contribution >= 0.6 is 0 Å². The average Bonchev–Trinajstić information content (AvgIpc) is 2.27. The molecule has 0 fully saturated rings. The van der Waals surface area contributed by atoms with Gasteiger partial charge in [0.2, 0.25) is 0 Å². The highest BCUT2D eigenvalue weighted by atomic mass is 14.9. The van der Waals surface area contributed by atoms with Gasteiger partial charge in [0, 0.05) is 17.5 Å². The molecular formula is C15H24N2. The van der Waals surface area contributed by atoms with Crippen LogP contribution in [0.2, 0.25) is 0 Å². The van der Waals surface area contributed by atoms with Crippen molar-refractivity contribution in [2.75, 3.05) is 0 Å². The van der Waals surface area contributed by atoms with Gasteiger partial charge < -0.3 is 0 Å². The number of rotatable bonds is 2. The Morgan fingerprint density at radius 1 is 1.12 bits per heavy atom. The molecule has 2 heteroatoms. The highest BCUT2D eigenvalue weighted by Gasteiger charge is 2.27. The van der Waals surface area contributed by atoms with Crippen molar-refractivity contribution < 1.29 is 0 Å². The smallest absolute Gasteiger partial charge is 0.131 e. The molecule has 0 amide bonds. The second-order valence-electron chi connectivity index (χ2n) is 5.93. The van der Waals surface area contributed by atoms with Crippen LogP contribution in [0, 0.1) is 12.8 Å². The van der Waals surface area contributed by atoms with E-state index in [9.17, 15) is 0 Å². The fourth-order valence-electron chi connectivity index (χ4n) is 2.80. The summed E-state index contributed by atoms with van der Waals surface area (Å²) in [4.78, 5) is 9.53. The summed E-state index contributed by atoms with van der Waals surface area (Å²) >= 11 is 0. The van der Waals surface area contributed by atoms with Crippen LogP contribution in [0.3, 0.4) is 0 Å². The molecule has 1 aromatic rings. The van der Waals surface area contributed by atoms with Gasteiger partial charge in [-0.3, -0.25) is 0 Å². The second kappa shape index (κ2) is 4.75. The predicted octanol–water partition coefficient (Wildman–Crippen LogP) is 3.98. The van der Waals surface area contributed by atoms with E-state index in [-0.39, 0.29) is 0 Å². The molecule has 17 heavy (non-hydrogen) atoms. The van der Waals surface area contributed by atoms with Gasteiger partial charge in [0.15, 0.2) is 0 Å². The third-order valence-corrected chi connectivity index (χ3v) is 3.88. The van der Waals surface area contributed by atoms with Gasteiger partial charge in [0.25, 0.3) is 0 Å². The van der Waals surface area contributed by atoms with Gasteiger partial charge in [-0.2, -0.15) is 0 Å². The standard InChI is InChI=1S/C15H24N2/c1-9(2)12-7-6-8-13-11(5)16-15(10(3)4)17-14(12)13/h9-10,12H,6-8H2,1-5H3. The second-order valence-corrected chi connectivity index (χ2v) is 5.93. The van der Waals surface area contributed by atoms with Crippen LogP contribution in [-0.4, -0.2) is 9.97 Å². The summed E-state index contributed by atoms with van der Waals surface area (Å²) in [7, 11) is 0. The predicted molar refractivity (Wildman–Crippen MR) is 71.4 cm³/mol. The molecule has 0 bridgehead atoms. The topological polar surface area (TPSA) is 25.8 Å². The van der Waals surface area contributed by atoms with Gasteiger partial charge in [-0.05, 0) is 37.7 Å². The first-order chi connectivity index (χ1) is 8.00. The van der Waals surface area contributed by atoms with Gasteiger partial charge in [-0.15, -0.1) is 0 Å². The van der Waals surface area contributed by atoms with Crippen molar-refractivity contribution >= 4 is 0 Å². The van der Waals surface area contributed by atoms with Crippen molar-refractivity contribution in [3.8, 4) is 0 Å². The lowest BCUT2D eigenvalue weighted by Crippen LogP contribution is -2.20. The first-order valence-electron chi connectivity index (χ1n) is 6.88. The third kappa shape index (κ3) is 2.36. The van der Waals surface area contributed by atoms with Crippen LogP contribution in [0.4, 0.5) is 0 Å². The summed E-state index contributed by atoms with van der Waals surface area (Å²) in [5.74, 6) is 2.77. The lowest BCUT2D eigenvalue weighted by Gasteiger charge is -2.29. The molecule has 0 saturated heterocycles. The van der Waals surface area contributed by atoms with Crippen molar-refractivity contribution in [3.05, 3.63) is 22.8 Å². The maximum Gasteiger partial charge on any atom is 0.131 e. The minimum absolute atomic E-state index is 0.425.